The van der Waals surface area contributed by atoms with E-state index >= 15 is 0 Å². The molecule has 2 heterocycles. The number of aromatic amines is 1. The number of benzene rings is 1. The molecule has 0 bridgehead atoms. The summed E-state index contributed by atoms with van der Waals surface area (Å²) in [5, 5.41) is 12.1. The SMILES string of the molecule is O=C(O)N1CCc2[nH]n(-c3ccccc3)c(=O)c2CC1. The first kappa shape index (κ1) is 12.5. The second-order valence-corrected chi connectivity index (χ2v) is 4.81. The predicted octanol–water partition coefficient (Wildman–Crippen LogP) is 1.24. The summed E-state index contributed by atoms with van der Waals surface area (Å²) in [4.78, 5) is 24.7. The van der Waals surface area contributed by atoms with Gasteiger partial charge in [-0.1, -0.05) is 18.2 Å². The Morgan fingerprint density at radius 3 is 2.55 bits per heavy atom. The highest BCUT2D eigenvalue weighted by Gasteiger charge is 2.22. The molecule has 0 fully saturated rings. The number of hydrogen-bond acceptors (Lipinski definition) is 2. The average Bonchev–Trinajstić information content (AvgIpc) is 2.64. The molecule has 0 spiro atoms. The molecule has 0 aliphatic carbocycles. The Morgan fingerprint density at radius 1 is 1.15 bits per heavy atom. The first-order valence-electron chi connectivity index (χ1n) is 6.53. The highest BCUT2D eigenvalue weighted by Crippen LogP contribution is 2.13. The third-order valence-electron chi connectivity index (χ3n) is 3.62. The zero-order chi connectivity index (χ0) is 14.1. The molecule has 1 aromatic heterocycles. The van der Waals surface area contributed by atoms with Gasteiger partial charge in [-0.15, -0.1) is 0 Å². The molecule has 1 aliphatic heterocycles. The summed E-state index contributed by atoms with van der Waals surface area (Å²) < 4.78 is 1.53. The number of carbonyl (C=O) groups is 1. The quantitative estimate of drug-likeness (QED) is 0.820. The number of carboxylic acid groups (broad SMARTS) is 1. The van der Waals surface area contributed by atoms with Crippen molar-refractivity contribution in [3.63, 3.8) is 0 Å². The van der Waals surface area contributed by atoms with E-state index in [1.54, 1.807) is 0 Å². The van der Waals surface area contributed by atoms with Crippen molar-refractivity contribution < 1.29 is 9.90 Å². The van der Waals surface area contributed by atoms with Gasteiger partial charge in [-0.2, -0.15) is 0 Å². The Balaban J connectivity index is 1.96. The Morgan fingerprint density at radius 2 is 1.85 bits per heavy atom. The fraction of sp³-hybridized carbons (Fsp3) is 0.286. The van der Waals surface area contributed by atoms with Crippen molar-refractivity contribution in [2.45, 2.75) is 12.8 Å². The molecule has 0 unspecified atom stereocenters. The molecule has 6 nitrogen and oxygen atoms in total. The smallest absolute Gasteiger partial charge is 0.407 e. The molecule has 1 amide bonds. The number of nitrogens with zero attached hydrogens (tertiary/aromatic N) is 2. The number of H-pyrrole nitrogens is 1. The van der Waals surface area contributed by atoms with Crippen molar-refractivity contribution in [3.8, 4) is 5.69 Å². The van der Waals surface area contributed by atoms with Crippen molar-refractivity contribution in [2.75, 3.05) is 13.1 Å². The molecule has 2 aromatic rings. The van der Waals surface area contributed by atoms with Crippen molar-refractivity contribution in [1.29, 1.82) is 0 Å². The van der Waals surface area contributed by atoms with Gasteiger partial charge in [-0.05, 0) is 18.6 Å². The highest BCUT2D eigenvalue weighted by atomic mass is 16.4. The van der Waals surface area contributed by atoms with Crippen LogP contribution in [0, 0.1) is 0 Å². The van der Waals surface area contributed by atoms with Gasteiger partial charge in [0.25, 0.3) is 5.56 Å². The number of para-hydroxylation sites is 1. The Hall–Kier alpha value is -2.50. The van der Waals surface area contributed by atoms with E-state index in [0.717, 1.165) is 11.4 Å². The molecule has 1 aromatic carbocycles. The minimum Gasteiger partial charge on any atom is -0.465 e. The van der Waals surface area contributed by atoms with Crippen LogP contribution in [0.5, 0.6) is 0 Å². The van der Waals surface area contributed by atoms with Gasteiger partial charge >= 0.3 is 6.09 Å². The Labute approximate surface area is 115 Å². The molecule has 2 N–H and O–H groups in total. The number of aromatic nitrogens is 2. The van der Waals surface area contributed by atoms with E-state index in [2.05, 4.69) is 5.10 Å². The molecular weight excluding hydrogens is 258 g/mol. The van der Waals surface area contributed by atoms with E-state index < -0.39 is 6.09 Å². The summed E-state index contributed by atoms with van der Waals surface area (Å²) in [6, 6.07) is 9.37. The van der Waals surface area contributed by atoms with E-state index in [-0.39, 0.29) is 5.56 Å². The van der Waals surface area contributed by atoms with Gasteiger partial charge in [-0.25, -0.2) is 9.48 Å². The maximum absolute atomic E-state index is 12.4. The fourth-order valence-corrected chi connectivity index (χ4v) is 2.54. The Kier molecular flexibility index (Phi) is 3.06. The normalized spacial score (nSPS) is 14.7. The summed E-state index contributed by atoms with van der Waals surface area (Å²) in [6.45, 7) is 0.779. The van der Waals surface area contributed by atoms with E-state index in [1.807, 2.05) is 30.3 Å². The minimum absolute atomic E-state index is 0.0848. The van der Waals surface area contributed by atoms with Gasteiger partial charge in [-0.3, -0.25) is 9.89 Å². The number of hydrogen-bond donors (Lipinski definition) is 2. The first-order valence-corrected chi connectivity index (χ1v) is 6.53. The standard InChI is InChI=1S/C14H15N3O3/c18-13-11-6-8-16(14(19)20)9-7-12(11)15-17(13)10-4-2-1-3-5-10/h1-5,15H,6-9H2,(H,19,20). The molecule has 0 radical (unpaired) electrons. The minimum atomic E-state index is -0.932. The van der Waals surface area contributed by atoms with Gasteiger partial charge in [0.15, 0.2) is 0 Å². The zero-order valence-corrected chi connectivity index (χ0v) is 10.9. The third kappa shape index (κ3) is 2.09. The molecule has 0 saturated carbocycles. The van der Waals surface area contributed by atoms with Crippen LogP contribution in [0.4, 0.5) is 4.79 Å². The van der Waals surface area contributed by atoms with Crippen molar-refractivity contribution >= 4 is 6.09 Å². The topological polar surface area (TPSA) is 78.3 Å². The summed E-state index contributed by atoms with van der Waals surface area (Å²) in [6.07, 6.45) is 0.0616. The average molecular weight is 273 g/mol. The molecule has 3 rings (SSSR count). The summed E-state index contributed by atoms with van der Waals surface area (Å²) in [5.74, 6) is 0. The van der Waals surface area contributed by atoms with Gasteiger partial charge in [0, 0.05) is 30.8 Å². The maximum atomic E-state index is 12.4. The number of amides is 1. The lowest BCUT2D eigenvalue weighted by Crippen LogP contribution is -2.32. The van der Waals surface area contributed by atoms with Crippen LogP contribution in [0.25, 0.3) is 5.69 Å². The van der Waals surface area contributed by atoms with Gasteiger partial charge in [0.1, 0.15) is 0 Å². The molecule has 104 valence electrons. The molecule has 0 saturated heterocycles. The monoisotopic (exact) mass is 273 g/mol. The largest absolute Gasteiger partial charge is 0.465 e. The third-order valence-corrected chi connectivity index (χ3v) is 3.62. The molecule has 20 heavy (non-hydrogen) atoms. The van der Waals surface area contributed by atoms with Gasteiger partial charge in [0.05, 0.1) is 5.69 Å². The predicted molar refractivity (Wildman–Crippen MR) is 73.4 cm³/mol. The highest BCUT2D eigenvalue weighted by molar-refractivity contribution is 5.65. The first-order chi connectivity index (χ1) is 9.66. The zero-order valence-electron chi connectivity index (χ0n) is 10.9. The number of rotatable bonds is 1. The van der Waals surface area contributed by atoms with E-state index in [0.29, 0.717) is 31.5 Å². The van der Waals surface area contributed by atoms with Crippen LogP contribution < -0.4 is 5.56 Å². The lowest BCUT2D eigenvalue weighted by Gasteiger charge is -2.15. The molecular formula is C14H15N3O3. The van der Waals surface area contributed by atoms with Gasteiger partial charge in [0.2, 0.25) is 0 Å². The number of nitrogens with one attached hydrogen (secondary N) is 1. The second-order valence-electron chi connectivity index (χ2n) is 4.81. The Bertz CT molecular complexity index is 687. The van der Waals surface area contributed by atoms with E-state index in [9.17, 15) is 9.59 Å². The van der Waals surface area contributed by atoms with E-state index in [4.69, 9.17) is 5.11 Å². The van der Waals surface area contributed by atoms with Gasteiger partial charge < -0.3 is 10.0 Å². The lowest BCUT2D eigenvalue weighted by atomic mass is 10.1. The van der Waals surface area contributed by atoms with Crippen molar-refractivity contribution in [2.24, 2.45) is 0 Å². The maximum Gasteiger partial charge on any atom is 0.407 e. The van der Waals surface area contributed by atoms with Crippen LogP contribution in [0.2, 0.25) is 0 Å². The summed E-state index contributed by atoms with van der Waals surface area (Å²) in [7, 11) is 0. The molecule has 1 aliphatic rings. The number of fused-ring (bicyclic) bond motifs is 1. The second kappa shape index (κ2) is 4.88. The van der Waals surface area contributed by atoms with Crippen molar-refractivity contribution in [1.82, 2.24) is 14.7 Å². The fourth-order valence-electron chi connectivity index (χ4n) is 2.54. The summed E-state index contributed by atoms with van der Waals surface area (Å²) >= 11 is 0. The van der Waals surface area contributed by atoms with Crippen LogP contribution in [0.1, 0.15) is 11.3 Å². The van der Waals surface area contributed by atoms with Crippen LogP contribution in [0.15, 0.2) is 35.1 Å². The van der Waals surface area contributed by atoms with Crippen LogP contribution >= 0.6 is 0 Å². The summed E-state index contributed by atoms with van der Waals surface area (Å²) in [5.41, 5.74) is 2.24. The lowest BCUT2D eigenvalue weighted by molar-refractivity contribution is 0.147. The van der Waals surface area contributed by atoms with Crippen LogP contribution in [0.3, 0.4) is 0 Å². The molecule has 6 heteroatoms. The van der Waals surface area contributed by atoms with E-state index in [1.165, 1.54) is 9.58 Å². The van der Waals surface area contributed by atoms with Crippen LogP contribution in [-0.2, 0) is 12.8 Å². The van der Waals surface area contributed by atoms with Crippen LogP contribution in [-0.4, -0.2) is 39.0 Å². The molecule has 0 atom stereocenters. The van der Waals surface area contributed by atoms with Crippen molar-refractivity contribution in [3.05, 3.63) is 51.9 Å².